The second kappa shape index (κ2) is 9.14. The summed E-state index contributed by atoms with van der Waals surface area (Å²) in [5.41, 5.74) is 1.81. The second-order valence-corrected chi connectivity index (χ2v) is 5.85. The predicted molar refractivity (Wildman–Crippen MR) is 101 cm³/mol. The molecule has 0 radical (unpaired) electrons. The summed E-state index contributed by atoms with van der Waals surface area (Å²) in [5, 5.41) is 3.37. The molecule has 132 valence electrons. The van der Waals surface area contributed by atoms with E-state index in [1.807, 2.05) is 44.2 Å². The van der Waals surface area contributed by atoms with Gasteiger partial charge in [0.2, 0.25) is 5.91 Å². The first-order valence-corrected chi connectivity index (χ1v) is 8.46. The van der Waals surface area contributed by atoms with E-state index in [-0.39, 0.29) is 11.9 Å². The van der Waals surface area contributed by atoms with Gasteiger partial charge in [-0.3, -0.25) is 4.79 Å². The van der Waals surface area contributed by atoms with Crippen molar-refractivity contribution >= 4 is 23.6 Å². The molecular formula is C20H22ClNO3. The summed E-state index contributed by atoms with van der Waals surface area (Å²) >= 11 is 6.23. The first-order chi connectivity index (χ1) is 12.0. The van der Waals surface area contributed by atoms with E-state index in [0.29, 0.717) is 23.1 Å². The number of nitrogens with one attached hydrogen (secondary N) is 1. The number of hydrogen-bond acceptors (Lipinski definition) is 3. The summed E-state index contributed by atoms with van der Waals surface area (Å²) in [4.78, 5) is 12.1. The van der Waals surface area contributed by atoms with Crippen molar-refractivity contribution in [2.75, 3.05) is 13.7 Å². The average Bonchev–Trinajstić information content (AvgIpc) is 2.62. The molecule has 1 atom stereocenters. The van der Waals surface area contributed by atoms with Gasteiger partial charge in [-0.05, 0) is 43.2 Å². The number of benzene rings is 2. The van der Waals surface area contributed by atoms with Crippen molar-refractivity contribution < 1.29 is 14.3 Å². The number of ether oxygens (including phenoxy) is 2. The Hall–Kier alpha value is -2.46. The standard InChI is InChI=1S/C20H22ClNO3/c1-4-25-20-17(21)12-15(13-18(20)24-3)10-11-19(23)22-14(2)16-8-6-5-7-9-16/h5-14H,4H2,1-3H3,(H,22,23)/b11-10+/t14-/m1/s1. The number of carbonyl (C=O) groups excluding carboxylic acids is 1. The summed E-state index contributed by atoms with van der Waals surface area (Å²) < 4.78 is 10.8. The van der Waals surface area contributed by atoms with Crippen molar-refractivity contribution in [3.63, 3.8) is 0 Å². The molecule has 0 saturated heterocycles. The van der Waals surface area contributed by atoms with Crippen LogP contribution in [-0.4, -0.2) is 19.6 Å². The predicted octanol–water partition coefficient (Wildman–Crippen LogP) is 4.64. The molecule has 1 N–H and O–H groups in total. The van der Waals surface area contributed by atoms with Gasteiger partial charge in [0.05, 0.1) is 24.8 Å². The number of carbonyl (C=O) groups is 1. The zero-order valence-electron chi connectivity index (χ0n) is 14.6. The van der Waals surface area contributed by atoms with Gasteiger partial charge in [-0.25, -0.2) is 0 Å². The first kappa shape index (κ1) is 18.9. The van der Waals surface area contributed by atoms with Crippen LogP contribution in [-0.2, 0) is 4.79 Å². The maximum absolute atomic E-state index is 12.1. The van der Waals surface area contributed by atoms with E-state index in [1.165, 1.54) is 6.08 Å². The van der Waals surface area contributed by atoms with Gasteiger partial charge in [0.1, 0.15) is 0 Å². The number of halogens is 1. The average molecular weight is 360 g/mol. The lowest BCUT2D eigenvalue weighted by molar-refractivity contribution is -0.117. The largest absolute Gasteiger partial charge is 0.493 e. The monoisotopic (exact) mass is 359 g/mol. The van der Waals surface area contributed by atoms with Crippen LogP contribution in [0.15, 0.2) is 48.5 Å². The molecule has 25 heavy (non-hydrogen) atoms. The van der Waals surface area contributed by atoms with E-state index < -0.39 is 0 Å². The highest BCUT2D eigenvalue weighted by Crippen LogP contribution is 2.36. The van der Waals surface area contributed by atoms with Crippen LogP contribution < -0.4 is 14.8 Å². The van der Waals surface area contributed by atoms with Gasteiger partial charge in [-0.1, -0.05) is 41.9 Å². The van der Waals surface area contributed by atoms with Gasteiger partial charge >= 0.3 is 0 Å². The molecule has 0 unspecified atom stereocenters. The highest BCUT2D eigenvalue weighted by Gasteiger charge is 2.11. The fourth-order valence-electron chi connectivity index (χ4n) is 2.38. The van der Waals surface area contributed by atoms with Gasteiger partial charge in [0.25, 0.3) is 0 Å². The molecule has 0 aliphatic carbocycles. The lowest BCUT2D eigenvalue weighted by Gasteiger charge is -2.13. The molecule has 1 amide bonds. The number of rotatable bonds is 7. The third kappa shape index (κ3) is 5.26. The summed E-state index contributed by atoms with van der Waals surface area (Å²) in [5.74, 6) is 0.860. The normalized spacial score (nSPS) is 12.0. The fraction of sp³-hybridized carbons (Fsp3) is 0.250. The molecule has 0 fully saturated rings. The molecule has 2 rings (SSSR count). The highest BCUT2D eigenvalue weighted by atomic mass is 35.5. The van der Waals surface area contributed by atoms with Crippen LogP contribution in [0.25, 0.3) is 6.08 Å². The highest BCUT2D eigenvalue weighted by molar-refractivity contribution is 6.32. The Morgan fingerprint density at radius 3 is 2.64 bits per heavy atom. The second-order valence-electron chi connectivity index (χ2n) is 5.44. The first-order valence-electron chi connectivity index (χ1n) is 8.09. The summed E-state index contributed by atoms with van der Waals surface area (Å²) in [6.07, 6.45) is 3.17. The molecular weight excluding hydrogens is 338 g/mol. The minimum absolute atomic E-state index is 0.0724. The lowest BCUT2D eigenvalue weighted by atomic mass is 10.1. The molecule has 2 aromatic rings. The summed E-state index contributed by atoms with van der Waals surface area (Å²) in [6, 6.07) is 13.2. The summed E-state index contributed by atoms with van der Waals surface area (Å²) in [7, 11) is 1.55. The smallest absolute Gasteiger partial charge is 0.244 e. The van der Waals surface area contributed by atoms with E-state index in [2.05, 4.69) is 5.32 Å². The topological polar surface area (TPSA) is 47.6 Å². The van der Waals surface area contributed by atoms with Crippen LogP contribution in [0.3, 0.4) is 0 Å². The van der Waals surface area contributed by atoms with Gasteiger partial charge in [0, 0.05) is 6.08 Å². The molecule has 0 heterocycles. The number of methoxy groups -OCH3 is 1. The Labute approximate surface area is 153 Å². The van der Waals surface area contributed by atoms with E-state index in [9.17, 15) is 4.79 Å². The molecule has 2 aromatic carbocycles. The van der Waals surface area contributed by atoms with Crippen LogP contribution in [0.4, 0.5) is 0 Å². The van der Waals surface area contributed by atoms with Crippen molar-refractivity contribution in [2.24, 2.45) is 0 Å². The van der Waals surface area contributed by atoms with Crippen molar-refractivity contribution in [3.8, 4) is 11.5 Å². The zero-order valence-corrected chi connectivity index (χ0v) is 15.3. The van der Waals surface area contributed by atoms with E-state index >= 15 is 0 Å². The minimum atomic E-state index is -0.180. The zero-order chi connectivity index (χ0) is 18.2. The van der Waals surface area contributed by atoms with E-state index in [1.54, 1.807) is 25.3 Å². The molecule has 0 aromatic heterocycles. The quantitative estimate of drug-likeness (QED) is 0.733. The number of amides is 1. The van der Waals surface area contributed by atoms with Gasteiger partial charge < -0.3 is 14.8 Å². The van der Waals surface area contributed by atoms with Crippen LogP contribution in [0.1, 0.15) is 31.0 Å². The minimum Gasteiger partial charge on any atom is -0.493 e. The van der Waals surface area contributed by atoms with Crippen molar-refractivity contribution in [2.45, 2.75) is 19.9 Å². The van der Waals surface area contributed by atoms with Crippen LogP contribution in [0.2, 0.25) is 5.02 Å². The van der Waals surface area contributed by atoms with Gasteiger partial charge in [-0.2, -0.15) is 0 Å². The Morgan fingerprint density at radius 2 is 2.00 bits per heavy atom. The lowest BCUT2D eigenvalue weighted by Crippen LogP contribution is -2.24. The molecule has 5 heteroatoms. The van der Waals surface area contributed by atoms with Crippen molar-refractivity contribution in [1.82, 2.24) is 5.32 Å². The Kier molecular flexibility index (Phi) is 6.90. The third-order valence-electron chi connectivity index (χ3n) is 3.63. The molecule has 0 saturated carbocycles. The fourth-order valence-corrected chi connectivity index (χ4v) is 2.65. The molecule has 0 aliphatic heterocycles. The van der Waals surface area contributed by atoms with Gasteiger partial charge in [-0.15, -0.1) is 0 Å². The SMILES string of the molecule is CCOc1c(Cl)cc(/C=C/C(=O)N[C@H](C)c2ccccc2)cc1OC. The van der Waals surface area contributed by atoms with Crippen LogP contribution in [0.5, 0.6) is 11.5 Å². The molecule has 4 nitrogen and oxygen atoms in total. The molecule has 0 aliphatic rings. The molecule has 0 spiro atoms. The molecule has 0 bridgehead atoms. The number of hydrogen-bond donors (Lipinski definition) is 1. The van der Waals surface area contributed by atoms with Crippen molar-refractivity contribution in [1.29, 1.82) is 0 Å². The van der Waals surface area contributed by atoms with Crippen LogP contribution >= 0.6 is 11.6 Å². The Morgan fingerprint density at radius 1 is 1.28 bits per heavy atom. The maximum atomic E-state index is 12.1. The Bertz CT molecular complexity index is 744. The Balaban J connectivity index is 2.08. The van der Waals surface area contributed by atoms with Crippen molar-refractivity contribution in [3.05, 3.63) is 64.7 Å². The van der Waals surface area contributed by atoms with E-state index in [0.717, 1.165) is 11.1 Å². The third-order valence-corrected chi connectivity index (χ3v) is 3.91. The van der Waals surface area contributed by atoms with Gasteiger partial charge in [0.15, 0.2) is 11.5 Å². The summed E-state index contributed by atoms with van der Waals surface area (Å²) in [6.45, 7) is 4.31. The maximum Gasteiger partial charge on any atom is 0.244 e. The van der Waals surface area contributed by atoms with Crippen LogP contribution in [0, 0.1) is 0 Å². The van der Waals surface area contributed by atoms with E-state index in [4.69, 9.17) is 21.1 Å².